The molecule has 0 saturated heterocycles. The Balaban J connectivity index is 1.57. The van der Waals surface area contributed by atoms with Crippen molar-refractivity contribution in [3.63, 3.8) is 0 Å². The largest absolute Gasteiger partial charge is 0.368 e. The minimum Gasteiger partial charge on any atom is -0.368 e. The van der Waals surface area contributed by atoms with Gasteiger partial charge in [-0.25, -0.2) is 0 Å². The lowest BCUT2D eigenvalue weighted by Gasteiger charge is -2.33. The van der Waals surface area contributed by atoms with Crippen LogP contribution in [0.2, 0.25) is 0 Å². The molecule has 3 aromatic rings. The summed E-state index contributed by atoms with van der Waals surface area (Å²) in [6.07, 6.45) is 0.608. The average molecular weight is 340 g/mol. The second-order valence-electron chi connectivity index (χ2n) is 5.82. The molecule has 2 N–H and O–H groups in total. The van der Waals surface area contributed by atoms with Gasteiger partial charge in [-0.1, -0.05) is 29.4 Å². The molecule has 0 bridgehead atoms. The number of aromatic nitrogens is 2. The van der Waals surface area contributed by atoms with Crippen LogP contribution in [0.3, 0.4) is 0 Å². The molecule has 1 amide bonds. The zero-order chi connectivity index (χ0) is 16.5. The Morgan fingerprint density at radius 2 is 2.17 bits per heavy atom. The highest BCUT2D eigenvalue weighted by Gasteiger charge is 2.31. The number of thiophene rings is 1. The van der Waals surface area contributed by atoms with Crippen molar-refractivity contribution >= 4 is 17.2 Å². The van der Waals surface area contributed by atoms with Crippen LogP contribution in [-0.2, 0) is 24.3 Å². The summed E-state index contributed by atoms with van der Waals surface area (Å²) in [5, 5.41) is 7.95. The third-order valence-electron chi connectivity index (χ3n) is 4.26. The minimum atomic E-state index is -0.364. The summed E-state index contributed by atoms with van der Waals surface area (Å²) in [6.45, 7) is 1.04. The summed E-state index contributed by atoms with van der Waals surface area (Å²) in [5.41, 5.74) is 8.91. The van der Waals surface area contributed by atoms with Gasteiger partial charge in [0.05, 0.1) is 12.6 Å². The molecular formula is C17H16N4O2S. The van der Waals surface area contributed by atoms with Gasteiger partial charge < -0.3 is 10.3 Å². The number of nitrogens with two attached hydrogens (primary N) is 1. The molecule has 0 aliphatic carbocycles. The van der Waals surface area contributed by atoms with E-state index in [1.165, 1.54) is 11.1 Å². The standard InChI is InChI=1S/C17H16N4O2S/c18-16(22)14-7-11-3-1-2-4-12(11)8-21(14)9-15-19-17(20-23-15)13-5-6-24-10-13/h1-6,10,14H,7-9H2,(H2,18,22). The van der Waals surface area contributed by atoms with E-state index in [1.54, 1.807) is 11.3 Å². The quantitative estimate of drug-likeness (QED) is 0.787. The van der Waals surface area contributed by atoms with Crippen LogP contribution in [0.25, 0.3) is 11.4 Å². The van der Waals surface area contributed by atoms with E-state index in [4.69, 9.17) is 10.3 Å². The molecule has 24 heavy (non-hydrogen) atoms. The molecule has 1 aliphatic rings. The normalized spacial score (nSPS) is 17.6. The number of nitrogens with zero attached hydrogens (tertiary/aromatic N) is 3. The Kier molecular flexibility index (Phi) is 3.87. The lowest BCUT2D eigenvalue weighted by molar-refractivity contribution is -0.124. The first kappa shape index (κ1) is 15.0. The Hall–Kier alpha value is -2.51. The van der Waals surface area contributed by atoms with Crippen LogP contribution in [0.15, 0.2) is 45.6 Å². The lowest BCUT2D eigenvalue weighted by Crippen LogP contribution is -2.48. The Labute approximate surface area is 142 Å². The van der Waals surface area contributed by atoms with Crippen LogP contribution in [0.5, 0.6) is 0 Å². The van der Waals surface area contributed by atoms with Crippen LogP contribution < -0.4 is 5.73 Å². The number of primary amides is 1. The summed E-state index contributed by atoms with van der Waals surface area (Å²) >= 11 is 1.58. The number of hydrogen-bond donors (Lipinski definition) is 1. The zero-order valence-electron chi connectivity index (χ0n) is 12.9. The zero-order valence-corrected chi connectivity index (χ0v) is 13.7. The Morgan fingerprint density at radius 1 is 1.33 bits per heavy atom. The molecule has 6 nitrogen and oxygen atoms in total. The second-order valence-corrected chi connectivity index (χ2v) is 6.60. The third-order valence-corrected chi connectivity index (χ3v) is 4.94. The second kappa shape index (κ2) is 6.18. The highest BCUT2D eigenvalue weighted by atomic mass is 32.1. The highest BCUT2D eigenvalue weighted by Crippen LogP contribution is 2.25. The maximum absolute atomic E-state index is 11.9. The van der Waals surface area contributed by atoms with Crippen molar-refractivity contribution in [2.24, 2.45) is 5.73 Å². The van der Waals surface area contributed by atoms with Crippen molar-refractivity contribution in [1.29, 1.82) is 0 Å². The smallest absolute Gasteiger partial charge is 0.241 e. The van der Waals surface area contributed by atoms with Crippen LogP contribution in [0, 0.1) is 0 Å². The highest BCUT2D eigenvalue weighted by molar-refractivity contribution is 7.08. The summed E-state index contributed by atoms with van der Waals surface area (Å²) in [5.74, 6) is 0.725. The predicted octanol–water partition coefficient (Wildman–Crippen LogP) is 2.21. The van der Waals surface area contributed by atoms with Crippen molar-refractivity contribution in [2.45, 2.75) is 25.6 Å². The lowest BCUT2D eigenvalue weighted by atomic mass is 9.93. The molecule has 1 atom stereocenters. The van der Waals surface area contributed by atoms with Gasteiger partial charge in [0.15, 0.2) is 0 Å². The summed E-state index contributed by atoms with van der Waals surface area (Å²) < 4.78 is 5.36. The summed E-state index contributed by atoms with van der Waals surface area (Å²) in [7, 11) is 0. The number of benzene rings is 1. The van der Waals surface area contributed by atoms with Gasteiger partial charge in [-0.05, 0) is 29.0 Å². The van der Waals surface area contributed by atoms with E-state index in [9.17, 15) is 4.79 Å². The first-order chi connectivity index (χ1) is 11.7. The maximum Gasteiger partial charge on any atom is 0.241 e. The van der Waals surface area contributed by atoms with Crippen LogP contribution in [-0.4, -0.2) is 27.0 Å². The van der Waals surface area contributed by atoms with Gasteiger partial charge in [-0.3, -0.25) is 9.69 Å². The monoisotopic (exact) mass is 340 g/mol. The molecule has 3 heterocycles. The van der Waals surface area contributed by atoms with E-state index in [2.05, 4.69) is 16.2 Å². The van der Waals surface area contributed by atoms with Crippen LogP contribution in [0.1, 0.15) is 17.0 Å². The van der Waals surface area contributed by atoms with Gasteiger partial charge in [-0.15, -0.1) is 0 Å². The molecule has 1 unspecified atom stereocenters. The number of fused-ring (bicyclic) bond motifs is 1. The van der Waals surface area contributed by atoms with Crippen molar-refractivity contribution in [3.8, 4) is 11.4 Å². The SMILES string of the molecule is NC(=O)C1Cc2ccccc2CN1Cc1nc(-c2ccsc2)no1. The first-order valence-corrected chi connectivity index (χ1v) is 8.60. The third kappa shape index (κ3) is 2.83. The molecule has 0 fully saturated rings. The molecule has 0 radical (unpaired) electrons. The summed E-state index contributed by atoms with van der Waals surface area (Å²) in [6, 6.07) is 9.69. The molecule has 122 valence electrons. The fourth-order valence-electron chi connectivity index (χ4n) is 3.03. The van der Waals surface area contributed by atoms with E-state index in [-0.39, 0.29) is 11.9 Å². The van der Waals surface area contributed by atoms with Crippen LogP contribution in [0.4, 0.5) is 0 Å². The van der Waals surface area contributed by atoms with Gasteiger partial charge in [0.25, 0.3) is 0 Å². The Morgan fingerprint density at radius 3 is 2.92 bits per heavy atom. The molecular weight excluding hydrogens is 324 g/mol. The topological polar surface area (TPSA) is 85.3 Å². The molecule has 0 spiro atoms. The average Bonchev–Trinajstić information content (AvgIpc) is 3.25. The van der Waals surface area contributed by atoms with E-state index in [1.807, 2.05) is 39.9 Å². The Bertz CT molecular complexity index is 859. The minimum absolute atomic E-state index is 0.331. The van der Waals surface area contributed by atoms with Gasteiger partial charge >= 0.3 is 0 Å². The van der Waals surface area contributed by atoms with Crippen molar-refractivity contribution < 1.29 is 9.32 Å². The number of carbonyl (C=O) groups is 1. The van der Waals surface area contributed by atoms with Gasteiger partial charge in [0.2, 0.25) is 17.6 Å². The van der Waals surface area contributed by atoms with E-state index >= 15 is 0 Å². The van der Waals surface area contributed by atoms with E-state index in [0.717, 1.165) is 5.56 Å². The van der Waals surface area contributed by atoms with Gasteiger partial charge in [0, 0.05) is 17.5 Å². The fourth-order valence-corrected chi connectivity index (χ4v) is 3.66. The van der Waals surface area contributed by atoms with Gasteiger partial charge in [-0.2, -0.15) is 16.3 Å². The molecule has 2 aromatic heterocycles. The molecule has 4 rings (SSSR count). The van der Waals surface area contributed by atoms with Gasteiger partial charge in [0.1, 0.15) is 0 Å². The van der Waals surface area contributed by atoms with Crippen molar-refractivity contribution in [1.82, 2.24) is 15.0 Å². The first-order valence-electron chi connectivity index (χ1n) is 7.66. The molecule has 7 heteroatoms. The van der Waals surface area contributed by atoms with Crippen LogP contribution >= 0.6 is 11.3 Å². The molecule has 1 aromatic carbocycles. The number of amides is 1. The summed E-state index contributed by atoms with van der Waals surface area (Å²) in [4.78, 5) is 18.3. The van der Waals surface area contributed by atoms with Crippen molar-refractivity contribution in [2.75, 3.05) is 0 Å². The number of hydrogen-bond acceptors (Lipinski definition) is 6. The predicted molar refractivity (Wildman–Crippen MR) is 90.0 cm³/mol. The molecule has 1 aliphatic heterocycles. The maximum atomic E-state index is 11.9. The van der Waals surface area contributed by atoms with Crippen molar-refractivity contribution in [3.05, 3.63) is 58.1 Å². The molecule has 0 saturated carbocycles. The number of rotatable bonds is 4. The number of carbonyl (C=O) groups excluding carboxylic acids is 1. The van der Waals surface area contributed by atoms with E-state index in [0.29, 0.717) is 31.2 Å². The fraction of sp³-hybridized carbons (Fsp3) is 0.235. The van der Waals surface area contributed by atoms with E-state index < -0.39 is 0 Å².